The van der Waals surface area contributed by atoms with E-state index >= 15 is 0 Å². The minimum Gasteiger partial charge on any atom is -0.356 e. The monoisotopic (exact) mass is 214 g/mol. The van der Waals surface area contributed by atoms with Gasteiger partial charge in [-0.05, 0) is 38.1 Å². The summed E-state index contributed by atoms with van der Waals surface area (Å²) in [4.78, 5) is 2.44. The normalized spacial score (nSPS) is 17.2. The molecule has 1 fully saturated rings. The fraction of sp³-hybridized carbons (Fsp3) is 0.417. The lowest BCUT2D eigenvalue weighted by atomic mass is 9.95. The van der Waals surface area contributed by atoms with Crippen LogP contribution in [0.5, 0.6) is 0 Å². The Morgan fingerprint density at radius 3 is 2.94 bits per heavy atom. The first-order valence-corrected chi connectivity index (χ1v) is 5.90. The maximum Gasteiger partial charge on any atom is 0.166 e. The van der Waals surface area contributed by atoms with Gasteiger partial charge in [0.15, 0.2) is 5.58 Å². The number of benzene rings is 1. The Kier molecular flexibility index (Phi) is 2.44. The Morgan fingerprint density at radius 1 is 1.31 bits per heavy atom. The molecular weight excluding hydrogens is 199 g/mol. The molecule has 1 aromatic carbocycles. The van der Waals surface area contributed by atoms with E-state index in [9.17, 15) is 0 Å². The molecule has 3 rings (SSSR count). The lowest BCUT2D eigenvalue weighted by Crippen LogP contribution is -2.18. The second kappa shape index (κ2) is 3.94. The molecule has 2 heterocycles. The van der Waals surface area contributed by atoms with E-state index in [1.54, 1.807) is 0 Å². The van der Waals surface area contributed by atoms with Gasteiger partial charge in [0.2, 0.25) is 0 Å². The summed E-state index contributed by atoms with van der Waals surface area (Å²) < 4.78 is 5.36. The minimum absolute atomic E-state index is 0.911. The third-order valence-corrected chi connectivity index (χ3v) is 3.27. The van der Waals surface area contributed by atoms with Crippen LogP contribution in [0.3, 0.4) is 0 Å². The van der Waals surface area contributed by atoms with Crippen molar-refractivity contribution in [2.24, 2.45) is 0 Å². The molecule has 0 saturated carbocycles. The number of aromatic nitrogens is 1. The highest BCUT2D eigenvalue weighted by Gasteiger charge is 2.15. The summed E-state index contributed by atoms with van der Waals surface area (Å²) in [6.45, 7) is 3.32. The Labute approximate surface area is 95.8 Å². The quantitative estimate of drug-likeness (QED) is 0.688. The predicted octanol–water partition coefficient (Wildman–Crippen LogP) is 0.682. The molecule has 0 atom stereocenters. The van der Waals surface area contributed by atoms with Crippen LogP contribution in [0, 0.1) is 0 Å². The van der Waals surface area contributed by atoms with Crippen LogP contribution < -0.4 is 5.46 Å². The molecule has 1 aliphatic heterocycles. The summed E-state index contributed by atoms with van der Waals surface area (Å²) in [6, 6.07) is 6.29. The third kappa shape index (κ3) is 1.73. The van der Waals surface area contributed by atoms with Gasteiger partial charge >= 0.3 is 0 Å². The molecule has 0 spiro atoms. The van der Waals surface area contributed by atoms with Crippen LogP contribution in [-0.4, -0.2) is 31.0 Å². The van der Waals surface area contributed by atoms with Crippen molar-refractivity contribution in [2.45, 2.75) is 19.4 Å². The van der Waals surface area contributed by atoms with Crippen molar-refractivity contribution in [1.82, 2.24) is 10.1 Å². The zero-order valence-corrected chi connectivity index (χ0v) is 9.57. The second-order valence-electron chi connectivity index (χ2n) is 4.61. The fourth-order valence-electron chi connectivity index (χ4n) is 2.36. The summed E-state index contributed by atoms with van der Waals surface area (Å²) in [6.07, 6.45) is 2.63. The molecule has 0 amide bonds. The van der Waals surface area contributed by atoms with Gasteiger partial charge in [0.05, 0.1) is 0 Å². The molecule has 4 heteroatoms. The Morgan fingerprint density at radius 2 is 2.12 bits per heavy atom. The largest absolute Gasteiger partial charge is 0.356 e. The SMILES string of the molecule is Bc1ccc2c(CN3CCCC3)noc2c1. The minimum atomic E-state index is 0.911. The van der Waals surface area contributed by atoms with Gasteiger partial charge in [0, 0.05) is 11.9 Å². The van der Waals surface area contributed by atoms with Gasteiger partial charge in [-0.2, -0.15) is 0 Å². The highest BCUT2D eigenvalue weighted by atomic mass is 16.5. The third-order valence-electron chi connectivity index (χ3n) is 3.27. The van der Waals surface area contributed by atoms with E-state index in [1.165, 1.54) is 31.4 Å². The number of fused-ring (bicyclic) bond motifs is 1. The number of rotatable bonds is 2. The number of hydrogen-bond donors (Lipinski definition) is 0. The van der Waals surface area contributed by atoms with Gasteiger partial charge < -0.3 is 4.52 Å². The van der Waals surface area contributed by atoms with Crippen molar-refractivity contribution >= 4 is 24.3 Å². The molecule has 0 bridgehead atoms. The van der Waals surface area contributed by atoms with E-state index < -0.39 is 0 Å². The van der Waals surface area contributed by atoms with Crippen molar-refractivity contribution in [3.8, 4) is 0 Å². The van der Waals surface area contributed by atoms with Gasteiger partial charge in [0.1, 0.15) is 13.5 Å². The van der Waals surface area contributed by atoms with Crippen molar-refractivity contribution in [1.29, 1.82) is 0 Å². The summed E-state index contributed by atoms with van der Waals surface area (Å²) in [7, 11) is 2.07. The molecule has 82 valence electrons. The molecule has 1 saturated heterocycles. The van der Waals surface area contributed by atoms with Crippen LogP contribution in [0.15, 0.2) is 22.7 Å². The standard InChI is InChI=1S/C12H15BN2O/c13-9-3-4-10-11(14-16-12(10)7-9)8-15-5-1-2-6-15/h3-4,7H,1-2,5-6,8,13H2. The summed E-state index contributed by atoms with van der Waals surface area (Å²) in [5, 5.41) is 5.35. The molecule has 0 aliphatic carbocycles. The van der Waals surface area contributed by atoms with Crippen molar-refractivity contribution in [3.05, 3.63) is 23.9 Å². The zero-order valence-electron chi connectivity index (χ0n) is 9.57. The van der Waals surface area contributed by atoms with Crippen LogP contribution in [0.25, 0.3) is 11.0 Å². The van der Waals surface area contributed by atoms with Gasteiger partial charge in [-0.15, -0.1) is 0 Å². The first-order chi connectivity index (χ1) is 7.83. The average molecular weight is 214 g/mol. The number of likely N-dealkylation sites (tertiary alicyclic amines) is 1. The highest BCUT2D eigenvalue weighted by molar-refractivity contribution is 6.33. The molecule has 3 nitrogen and oxygen atoms in total. The topological polar surface area (TPSA) is 29.3 Å². The van der Waals surface area contributed by atoms with Crippen molar-refractivity contribution in [2.75, 3.05) is 13.1 Å². The maximum atomic E-state index is 5.36. The average Bonchev–Trinajstić information content (AvgIpc) is 2.89. The number of hydrogen-bond acceptors (Lipinski definition) is 3. The molecular formula is C12H15BN2O. The highest BCUT2D eigenvalue weighted by Crippen LogP contribution is 2.20. The maximum absolute atomic E-state index is 5.36. The van der Waals surface area contributed by atoms with E-state index in [2.05, 4.69) is 36.1 Å². The molecule has 0 N–H and O–H groups in total. The van der Waals surface area contributed by atoms with Crippen LogP contribution >= 0.6 is 0 Å². The van der Waals surface area contributed by atoms with Crippen LogP contribution in [0.4, 0.5) is 0 Å². The smallest absolute Gasteiger partial charge is 0.166 e. The van der Waals surface area contributed by atoms with E-state index in [-0.39, 0.29) is 0 Å². The van der Waals surface area contributed by atoms with E-state index in [1.807, 2.05) is 0 Å². The first-order valence-electron chi connectivity index (χ1n) is 5.90. The van der Waals surface area contributed by atoms with Crippen LogP contribution in [-0.2, 0) is 6.54 Å². The molecule has 1 aliphatic rings. The Balaban J connectivity index is 1.91. The molecule has 16 heavy (non-hydrogen) atoms. The summed E-state index contributed by atoms with van der Waals surface area (Å²) in [5.41, 5.74) is 3.21. The van der Waals surface area contributed by atoms with E-state index in [4.69, 9.17) is 4.52 Å². The van der Waals surface area contributed by atoms with Gasteiger partial charge in [0.25, 0.3) is 0 Å². The lowest BCUT2D eigenvalue weighted by Gasteiger charge is -2.11. The Hall–Kier alpha value is -1.29. The van der Waals surface area contributed by atoms with Gasteiger partial charge in [-0.3, -0.25) is 4.90 Å². The zero-order chi connectivity index (χ0) is 11.0. The summed E-state index contributed by atoms with van der Waals surface area (Å²) >= 11 is 0. The molecule has 0 radical (unpaired) electrons. The van der Waals surface area contributed by atoms with E-state index in [0.29, 0.717) is 0 Å². The first kappa shape index (κ1) is 9.91. The van der Waals surface area contributed by atoms with Crippen LogP contribution in [0.2, 0.25) is 0 Å². The van der Waals surface area contributed by atoms with Gasteiger partial charge in [-0.1, -0.05) is 16.7 Å². The van der Waals surface area contributed by atoms with E-state index in [0.717, 1.165) is 23.2 Å². The van der Waals surface area contributed by atoms with Crippen LogP contribution in [0.1, 0.15) is 18.5 Å². The van der Waals surface area contributed by atoms with Gasteiger partial charge in [-0.25, -0.2) is 0 Å². The molecule has 0 unspecified atom stereocenters. The Bertz CT molecular complexity index is 503. The molecule has 2 aromatic rings. The molecule has 1 aromatic heterocycles. The predicted molar refractivity (Wildman–Crippen MR) is 66.7 cm³/mol. The fourth-order valence-corrected chi connectivity index (χ4v) is 2.36. The summed E-state index contributed by atoms with van der Waals surface area (Å²) in [5.74, 6) is 0. The number of nitrogens with zero attached hydrogens (tertiary/aromatic N) is 2. The van der Waals surface area contributed by atoms with Crippen molar-refractivity contribution < 1.29 is 4.52 Å². The second-order valence-corrected chi connectivity index (χ2v) is 4.61. The van der Waals surface area contributed by atoms with Crippen molar-refractivity contribution in [3.63, 3.8) is 0 Å². The lowest BCUT2D eigenvalue weighted by molar-refractivity contribution is 0.317.